The number of aliphatic imine (C=N–C) groups is 1. The van der Waals surface area contributed by atoms with Crippen LogP contribution in [-0.2, 0) is 23.2 Å². The first-order valence-corrected chi connectivity index (χ1v) is 9.15. The average Bonchev–Trinajstić information content (AvgIpc) is 2.97. The van der Waals surface area contributed by atoms with E-state index in [1.165, 1.54) is 15.3 Å². The van der Waals surface area contributed by atoms with E-state index in [1.54, 1.807) is 13.3 Å². The Morgan fingerprint density at radius 2 is 2.39 bits per heavy atom. The number of aryl methyl sites for hydroxylation is 1. The lowest BCUT2D eigenvalue weighted by atomic mass is 9.78. The van der Waals surface area contributed by atoms with Crippen LogP contribution in [0.25, 0.3) is 0 Å². The van der Waals surface area contributed by atoms with Crippen molar-refractivity contribution in [3.63, 3.8) is 0 Å². The summed E-state index contributed by atoms with van der Waals surface area (Å²) in [6.45, 7) is 5.22. The number of piperidine rings is 1. The fraction of sp³-hybridized carbons (Fsp3) is 0.647. The molecule has 3 heterocycles. The normalized spacial score (nSPS) is 31.7. The first-order chi connectivity index (χ1) is 11.1. The van der Waals surface area contributed by atoms with E-state index in [2.05, 4.69) is 35.3 Å². The Labute approximate surface area is 142 Å². The van der Waals surface area contributed by atoms with Crippen molar-refractivity contribution in [2.24, 2.45) is 15.9 Å². The monoisotopic (exact) mass is 334 g/mol. The van der Waals surface area contributed by atoms with Crippen molar-refractivity contribution >= 4 is 23.3 Å². The van der Waals surface area contributed by atoms with E-state index in [4.69, 9.17) is 10.6 Å². The van der Waals surface area contributed by atoms with Gasteiger partial charge in [-0.1, -0.05) is 6.92 Å². The van der Waals surface area contributed by atoms with E-state index >= 15 is 0 Å². The van der Waals surface area contributed by atoms with Crippen LogP contribution in [0.2, 0.25) is 0 Å². The van der Waals surface area contributed by atoms with E-state index < -0.39 is 0 Å². The minimum absolute atomic E-state index is 0.0746. The molecule has 1 saturated heterocycles. The molecule has 0 aromatic carbocycles. The van der Waals surface area contributed by atoms with Crippen LogP contribution in [0.4, 0.5) is 0 Å². The molecule has 2 aliphatic rings. The maximum absolute atomic E-state index is 6.39. The number of hydrazone groups is 1. The van der Waals surface area contributed by atoms with Crippen LogP contribution in [0.5, 0.6) is 0 Å². The van der Waals surface area contributed by atoms with Crippen LogP contribution < -0.4 is 11.2 Å². The minimum Gasteiger partial charge on any atom is -0.369 e. The molecular weight excluding hydrogens is 308 g/mol. The van der Waals surface area contributed by atoms with Crippen molar-refractivity contribution in [2.45, 2.75) is 57.2 Å². The van der Waals surface area contributed by atoms with Crippen molar-refractivity contribution in [1.82, 2.24) is 5.32 Å². The molecule has 3 atom stereocenters. The molecule has 0 amide bonds. The van der Waals surface area contributed by atoms with Gasteiger partial charge in [0.25, 0.3) is 0 Å². The third-order valence-electron chi connectivity index (χ3n) is 4.79. The predicted molar refractivity (Wildman–Crippen MR) is 96.7 cm³/mol. The van der Waals surface area contributed by atoms with Crippen molar-refractivity contribution in [1.29, 1.82) is 0 Å². The molecule has 0 saturated carbocycles. The number of fused-ring (bicyclic) bond motifs is 2. The highest BCUT2D eigenvalue weighted by Gasteiger charge is 2.46. The highest BCUT2D eigenvalue weighted by molar-refractivity contribution is 7.12. The van der Waals surface area contributed by atoms with Crippen molar-refractivity contribution in [3.8, 4) is 0 Å². The number of rotatable bonds is 3. The second kappa shape index (κ2) is 6.71. The van der Waals surface area contributed by atoms with Crippen LogP contribution in [0.1, 0.15) is 42.0 Å². The Bertz CT molecular complexity index is 624. The topological polar surface area (TPSA) is 72.0 Å². The van der Waals surface area contributed by atoms with E-state index in [-0.39, 0.29) is 11.6 Å². The van der Waals surface area contributed by atoms with Crippen molar-refractivity contribution in [2.75, 3.05) is 13.7 Å². The summed E-state index contributed by atoms with van der Waals surface area (Å²) < 4.78 is 6.39. The number of nitrogens with one attached hydrogen (secondary N) is 1. The van der Waals surface area contributed by atoms with Gasteiger partial charge in [0.1, 0.15) is 5.60 Å². The third kappa shape index (κ3) is 3.07. The molecule has 1 aromatic heterocycles. The van der Waals surface area contributed by atoms with Gasteiger partial charge in [0.05, 0.1) is 18.4 Å². The highest BCUT2D eigenvalue weighted by Crippen LogP contribution is 2.46. The van der Waals surface area contributed by atoms with Gasteiger partial charge >= 0.3 is 0 Å². The molecule has 1 unspecified atom stereocenters. The van der Waals surface area contributed by atoms with Gasteiger partial charge in [0, 0.05) is 35.5 Å². The summed E-state index contributed by atoms with van der Waals surface area (Å²) in [5, 5.41) is 7.54. The second-order valence-electron chi connectivity index (χ2n) is 6.48. The Morgan fingerprint density at radius 1 is 1.57 bits per heavy atom. The number of nitrogens with two attached hydrogens (primary N) is 1. The lowest BCUT2D eigenvalue weighted by Crippen LogP contribution is -2.56. The molecule has 6 heteroatoms. The maximum Gasteiger partial charge on any atom is 0.106 e. The standard InChI is InChI=1S/C17H26N4OS/c1-4-13-7-12-5-6-22-17(16(12)23-13)8-11(2)20-14(9-17)15(21-18)10-19-3/h7,10-11,14,20H,4-6,8-9,18H2,1-3H3/t11-,14-,17?/m0/s1. The zero-order valence-electron chi connectivity index (χ0n) is 14.1. The maximum atomic E-state index is 6.39. The first kappa shape index (κ1) is 16.6. The van der Waals surface area contributed by atoms with E-state index in [0.717, 1.165) is 38.0 Å². The van der Waals surface area contributed by atoms with E-state index in [1.807, 2.05) is 11.3 Å². The number of nitrogens with zero attached hydrogens (tertiary/aromatic N) is 2. The van der Waals surface area contributed by atoms with Crippen LogP contribution >= 0.6 is 11.3 Å². The largest absolute Gasteiger partial charge is 0.369 e. The SMILES string of the molecule is CCc1cc2c(s1)C1(C[C@@H](C(C=NC)=NN)N[C@@H](C)C1)OCC2. The molecule has 3 N–H and O–H groups in total. The lowest BCUT2D eigenvalue weighted by Gasteiger charge is -2.46. The Kier molecular flexibility index (Phi) is 4.85. The Hall–Kier alpha value is -1.24. The Morgan fingerprint density at radius 3 is 3.09 bits per heavy atom. The van der Waals surface area contributed by atoms with Gasteiger partial charge in [0.15, 0.2) is 0 Å². The van der Waals surface area contributed by atoms with Crippen LogP contribution in [-0.4, -0.2) is 37.7 Å². The zero-order chi connectivity index (χ0) is 16.4. The molecule has 2 aliphatic heterocycles. The summed E-state index contributed by atoms with van der Waals surface area (Å²) in [6.07, 6.45) is 5.70. The molecule has 23 heavy (non-hydrogen) atoms. The van der Waals surface area contributed by atoms with Gasteiger partial charge in [0.2, 0.25) is 0 Å². The number of hydrogen-bond donors (Lipinski definition) is 2. The third-order valence-corrected chi connectivity index (χ3v) is 6.30. The molecule has 1 aromatic rings. The predicted octanol–water partition coefficient (Wildman–Crippen LogP) is 2.23. The number of ether oxygens (including phenoxy) is 1. The molecule has 126 valence electrons. The molecule has 1 spiro atoms. The lowest BCUT2D eigenvalue weighted by molar-refractivity contribution is -0.0893. The zero-order valence-corrected chi connectivity index (χ0v) is 14.9. The van der Waals surface area contributed by atoms with Crippen LogP contribution in [0.15, 0.2) is 16.2 Å². The summed E-state index contributed by atoms with van der Waals surface area (Å²) in [7, 11) is 1.75. The van der Waals surface area contributed by atoms with Gasteiger partial charge < -0.3 is 15.9 Å². The van der Waals surface area contributed by atoms with E-state index in [0.29, 0.717) is 6.04 Å². The highest BCUT2D eigenvalue weighted by atomic mass is 32.1. The molecule has 3 rings (SSSR count). The smallest absolute Gasteiger partial charge is 0.106 e. The first-order valence-electron chi connectivity index (χ1n) is 8.34. The number of hydrogen-bond acceptors (Lipinski definition) is 6. The summed E-state index contributed by atoms with van der Waals surface area (Å²) in [6, 6.07) is 2.79. The summed E-state index contributed by atoms with van der Waals surface area (Å²) in [4.78, 5) is 6.96. The summed E-state index contributed by atoms with van der Waals surface area (Å²) in [5.41, 5.74) is 2.06. The van der Waals surface area contributed by atoms with Crippen molar-refractivity contribution in [3.05, 3.63) is 21.4 Å². The quantitative estimate of drug-likeness (QED) is 0.506. The molecule has 1 fully saturated rings. The van der Waals surface area contributed by atoms with Gasteiger partial charge in [-0.2, -0.15) is 5.10 Å². The van der Waals surface area contributed by atoms with Gasteiger partial charge in [-0.25, -0.2) is 0 Å². The van der Waals surface area contributed by atoms with Crippen molar-refractivity contribution < 1.29 is 4.74 Å². The molecule has 0 bridgehead atoms. The average molecular weight is 334 g/mol. The fourth-order valence-electron chi connectivity index (χ4n) is 3.86. The van der Waals surface area contributed by atoms with Gasteiger partial charge in [-0.05, 0) is 37.8 Å². The van der Waals surface area contributed by atoms with Gasteiger partial charge in [-0.3, -0.25) is 4.99 Å². The molecule has 0 aliphatic carbocycles. The van der Waals surface area contributed by atoms with Gasteiger partial charge in [-0.15, -0.1) is 11.3 Å². The molecule has 0 radical (unpaired) electrons. The summed E-state index contributed by atoms with van der Waals surface area (Å²) >= 11 is 1.92. The van der Waals surface area contributed by atoms with Crippen LogP contribution in [0.3, 0.4) is 0 Å². The second-order valence-corrected chi connectivity index (χ2v) is 7.62. The van der Waals surface area contributed by atoms with E-state index in [9.17, 15) is 0 Å². The van der Waals surface area contributed by atoms with Crippen LogP contribution in [0, 0.1) is 0 Å². The number of thiophene rings is 1. The fourth-order valence-corrected chi connectivity index (χ4v) is 5.17. The molecular formula is C17H26N4OS. The Balaban J connectivity index is 1.97. The minimum atomic E-state index is -0.210. The summed E-state index contributed by atoms with van der Waals surface area (Å²) in [5.74, 6) is 5.59. The molecule has 5 nitrogen and oxygen atoms in total.